The Labute approximate surface area is 488 Å². The van der Waals surface area contributed by atoms with Gasteiger partial charge in [0.15, 0.2) is 0 Å². The van der Waals surface area contributed by atoms with Crippen LogP contribution in [0, 0.1) is 11.3 Å². The van der Waals surface area contributed by atoms with Crippen molar-refractivity contribution in [2.75, 3.05) is 0 Å². The van der Waals surface area contributed by atoms with Crippen LogP contribution in [-0.2, 0) is 10.8 Å². The molecule has 3 aliphatic carbocycles. The van der Waals surface area contributed by atoms with Gasteiger partial charge in [0.25, 0.3) is 0 Å². The van der Waals surface area contributed by atoms with Crippen LogP contribution in [-0.4, -0.2) is 0 Å². The van der Waals surface area contributed by atoms with E-state index in [1.54, 1.807) is 0 Å². The van der Waals surface area contributed by atoms with E-state index >= 15 is 0 Å². The van der Waals surface area contributed by atoms with Gasteiger partial charge in [-0.25, -0.2) is 0 Å². The highest BCUT2D eigenvalue weighted by molar-refractivity contribution is 6.40. The normalized spacial score (nSPS) is 16.1. The average Bonchev–Trinajstić information content (AvgIpc) is 3.85. The van der Waals surface area contributed by atoms with Crippen molar-refractivity contribution in [3.8, 4) is 33.4 Å². The van der Waals surface area contributed by atoms with Crippen LogP contribution in [0.2, 0.25) is 0 Å². The van der Waals surface area contributed by atoms with Gasteiger partial charge in [-0.3, -0.25) is 0 Å². The van der Waals surface area contributed by atoms with E-state index in [1.165, 1.54) is 143 Å². The minimum Gasteiger partial charge on any atom is -0.0984 e. The van der Waals surface area contributed by atoms with Gasteiger partial charge in [0.05, 0.1) is 0 Å². The molecule has 82 heavy (non-hydrogen) atoms. The second kappa shape index (κ2) is 20.0. The van der Waals surface area contributed by atoms with Crippen molar-refractivity contribution in [1.82, 2.24) is 0 Å². The molecule has 0 fully saturated rings. The van der Waals surface area contributed by atoms with Gasteiger partial charge in [-0.15, -0.1) is 0 Å². The molecule has 0 saturated carbocycles. The molecule has 0 amide bonds. The quantitative estimate of drug-likeness (QED) is 0.0727. The molecule has 9 aromatic carbocycles. The zero-order valence-corrected chi connectivity index (χ0v) is 50.9. The fourth-order valence-corrected chi connectivity index (χ4v) is 13.6. The van der Waals surface area contributed by atoms with Gasteiger partial charge in [0.1, 0.15) is 0 Å². The predicted octanol–water partition coefficient (Wildman–Crippen LogP) is 21.8. The molecule has 12 rings (SSSR count). The van der Waals surface area contributed by atoms with Gasteiger partial charge in [0, 0.05) is 0 Å². The highest BCUT2D eigenvalue weighted by Crippen LogP contribution is 2.58. The zero-order valence-electron chi connectivity index (χ0n) is 50.9. The molecule has 3 aliphatic rings. The Morgan fingerprint density at radius 2 is 1.11 bits per heavy atom. The summed E-state index contributed by atoms with van der Waals surface area (Å²) in [6.45, 7) is 41.6. The first-order valence-corrected chi connectivity index (χ1v) is 29.8. The number of rotatable bonds is 10. The SMILES string of the molecule is C=CC1=C(/C=C\C)C(/C=C(C(/C(/C=C/C(C)C)=C/C(=C\C)C(C)(C)C)=C2\C(=C/C)c3ccc4c5ccc6c7c(ccc(c8ccc2c3c48)c75)-c2ccc(-c3ccccc3)cc2-6)\c2cc(C(C)(C)C)cc(C(C)(C)C)c2)=c2c1cccc2=C. The number of fused-ring (bicyclic) bond motifs is 6. The Kier molecular flexibility index (Phi) is 13.2. The summed E-state index contributed by atoms with van der Waals surface area (Å²) < 4.78 is 0. The summed E-state index contributed by atoms with van der Waals surface area (Å²) in [6, 6.07) is 51.4. The van der Waals surface area contributed by atoms with Gasteiger partial charge < -0.3 is 0 Å². The summed E-state index contributed by atoms with van der Waals surface area (Å²) >= 11 is 0. The Hall–Kier alpha value is -8.32. The number of hydrogen-bond acceptors (Lipinski definition) is 0. The van der Waals surface area contributed by atoms with Gasteiger partial charge in [-0.05, 0) is 226 Å². The Morgan fingerprint density at radius 1 is 0.524 bits per heavy atom. The molecule has 0 aliphatic heterocycles. The maximum Gasteiger partial charge on any atom is -0.00138 e. The summed E-state index contributed by atoms with van der Waals surface area (Å²) in [7, 11) is 0. The lowest BCUT2D eigenvalue weighted by molar-refractivity contribution is 0.516. The monoisotopic (exact) mass is 1060 g/mol. The minimum atomic E-state index is -0.135. The van der Waals surface area contributed by atoms with Crippen molar-refractivity contribution in [2.45, 2.75) is 108 Å². The molecule has 0 aromatic heterocycles. The van der Waals surface area contributed by atoms with E-state index in [0.29, 0.717) is 5.92 Å². The lowest BCUT2D eigenvalue weighted by Gasteiger charge is -2.29. The number of hydrogen-bond donors (Lipinski definition) is 0. The molecule has 0 saturated heterocycles. The van der Waals surface area contributed by atoms with E-state index in [-0.39, 0.29) is 16.2 Å². The molecule has 406 valence electrons. The minimum absolute atomic E-state index is 0.132. The van der Waals surface area contributed by atoms with Crippen LogP contribution in [0.25, 0.3) is 111 Å². The van der Waals surface area contributed by atoms with Crippen LogP contribution in [0.15, 0.2) is 217 Å². The molecule has 9 aromatic rings. The Balaban J connectivity index is 1.25. The summed E-state index contributed by atoms with van der Waals surface area (Å²) in [5.41, 5.74) is 25.7. The van der Waals surface area contributed by atoms with E-state index in [1.807, 2.05) is 6.08 Å². The molecule has 0 N–H and O–H groups in total. The van der Waals surface area contributed by atoms with Crippen molar-refractivity contribution in [1.29, 1.82) is 0 Å². The fraction of sp³-hybridized carbons (Fsp3) is 0.220. The highest BCUT2D eigenvalue weighted by Gasteiger charge is 2.35. The molecule has 0 spiro atoms. The van der Waals surface area contributed by atoms with Crippen LogP contribution < -0.4 is 10.4 Å². The molecule has 0 radical (unpaired) electrons. The topological polar surface area (TPSA) is 0 Å². The third-order valence-electron chi connectivity index (χ3n) is 17.8. The van der Waals surface area contributed by atoms with Gasteiger partial charge in [0.2, 0.25) is 0 Å². The second-order valence-electron chi connectivity index (χ2n) is 26.6. The average molecular weight is 1060 g/mol. The Morgan fingerprint density at radius 3 is 1.67 bits per heavy atom. The van der Waals surface area contributed by atoms with Gasteiger partial charge in [-0.1, -0.05) is 265 Å². The van der Waals surface area contributed by atoms with Crippen LogP contribution in [0.1, 0.15) is 130 Å². The molecule has 0 heterocycles. The standard InChI is InChI=1S/C82H78/c1-17-25-59-57(19-3)61-29-24-26-49(7)73(61)72(59)47-70(53-43-55(81(11,12)13)46-56(44-53)82(14,15)16)74(52(31-30-48(5)6)42-54(18-2)80(8,9)10)75-58(20-4)62-34-36-66-65-38-39-68-71-45-51(50-27-22-21-23-28-50)32-33-60(71)63-35-37-64(77(65)76(63)68)67-40-41-69(75)79(62)78(66)67/h17-48H,3,7H2,1-2,4-6,8-16H3/b25-17-,31-30+,52-42+,54-18+,58-20-,70-47+,75-74+. The summed E-state index contributed by atoms with van der Waals surface area (Å²) in [6.07, 6.45) is 21.1. The summed E-state index contributed by atoms with van der Waals surface area (Å²) in [5, 5.41) is 12.7. The van der Waals surface area contributed by atoms with Crippen LogP contribution in [0.3, 0.4) is 0 Å². The van der Waals surface area contributed by atoms with E-state index in [4.69, 9.17) is 6.58 Å². The molecular formula is C82H78. The van der Waals surface area contributed by atoms with E-state index in [0.717, 1.165) is 27.2 Å². The Bertz CT molecular complexity index is 4540. The smallest absolute Gasteiger partial charge is 0.00138 e. The first kappa shape index (κ1) is 54.3. The van der Waals surface area contributed by atoms with Crippen molar-refractivity contribution >= 4 is 77.5 Å². The van der Waals surface area contributed by atoms with E-state index < -0.39 is 0 Å². The predicted molar refractivity (Wildman–Crippen MR) is 362 cm³/mol. The number of benzene rings is 9. The van der Waals surface area contributed by atoms with Gasteiger partial charge >= 0.3 is 0 Å². The van der Waals surface area contributed by atoms with Crippen LogP contribution >= 0.6 is 0 Å². The van der Waals surface area contributed by atoms with Crippen molar-refractivity contribution < 1.29 is 0 Å². The van der Waals surface area contributed by atoms with Crippen molar-refractivity contribution in [2.24, 2.45) is 11.3 Å². The first-order valence-electron chi connectivity index (χ1n) is 29.8. The first-order chi connectivity index (χ1) is 39.2. The van der Waals surface area contributed by atoms with Gasteiger partial charge in [-0.2, -0.15) is 0 Å². The van der Waals surface area contributed by atoms with E-state index in [2.05, 4.69) is 286 Å². The molecule has 0 nitrogen and oxygen atoms in total. The molecule has 0 atom stereocenters. The highest BCUT2D eigenvalue weighted by atomic mass is 14.4. The zero-order chi connectivity index (χ0) is 57.9. The molecule has 0 heteroatoms. The van der Waals surface area contributed by atoms with Crippen molar-refractivity contribution in [3.05, 3.63) is 261 Å². The van der Waals surface area contributed by atoms with Crippen LogP contribution in [0.4, 0.5) is 0 Å². The fourth-order valence-electron chi connectivity index (χ4n) is 13.6. The summed E-state index contributed by atoms with van der Waals surface area (Å²) in [5.74, 6) is 0.304. The lowest BCUT2D eigenvalue weighted by atomic mass is 9.75. The third kappa shape index (κ3) is 8.72. The number of allylic oxidation sites excluding steroid dienone is 17. The van der Waals surface area contributed by atoms with E-state index in [9.17, 15) is 0 Å². The maximum absolute atomic E-state index is 4.75. The molecule has 0 unspecified atom stereocenters. The second-order valence-corrected chi connectivity index (χ2v) is 26.6. The maximum atomic E-state index is 4.75. The van der Waals surface area contributed by atoms with Crippen LogP contribution in [0.5, 0.6) is 0 Å². The third-order valence-corrected chi connectivity index (χ3v) is 17.8. The molecule has 0 bridgehead atoms. The largest absolute Gasteiger partial charge is 0.0984 e. The lowest BCUT2D eigenvalue weighted by Crippen LogP contribution is -2.26. The molecular weight excluding hydrogens is 985 g/mol. The van der Waals surface area contributed by atoms with Crippen molar-refractivity contribution in [3.63, 3.8) is 0 Å². The summed E-state index contributed by atoms with van der Waals surface area (Å²) in [4.78, 5) is 0.